The van der Waals surface area contributed by atoms with E-state index in [2.05, 4.69) is 0 Å². The Balaban J connectivity index is 1.85. The number of fused-ring (bicyclic) bond motifs is 1. The van der Waals surface area contributed by atoms with E-state index in [1.54, 1.807) is 16.4 Å². The van der Waals surface area contributed by atoms with Crippen LogP contribution in [0.2, 0.25) is 0 Å². The van der Waals surface area contributed by atoms with Crippen molar-refractivity contribution in [3.05, 3.63) is 75.3 Å². The van der Waals surface area contributed by atoms with Crippen LogP contribution >= 0.6 is 0 Å². The summed E-state index contributed by atoms with van der Waals surface area (Å²) in [7, 11) is 0. The standard InChI is InChI=1S/C24H22F4N2O4/c1-2-34-23(32)18-14-30(13-15-3-5-16(6-4-15)24(26,27)28)20-12-21(29-7-9-33-10-8-29)19(25)11-17(20)22(18)31/h3-6,11-12,14H,2,7-10,13H2,1H3. The molecule has 0 aliphatic carbocycles. The lowest BCUT2D eigenvalue weighted by atomic mass is 10.1. The predicted molar refractivity (Wildman–Crippen MR) is 118 cm³/mol. The van der Waals surface area contributed by atoms with Gasteiger partial charge in [0.25, 0.3) is 0 Å². The number of morpholine rings is 1. The van der Waals surface area contributed by atoms with Crippen molar-refractivity contribution in [2.24, 2.45) is 0 Å². The van der Waals surface area contributed by atoms with E-state index in [0.29, 0.717) is 37.4 Å². The van der Waals surface area contributed by atoms with Crippen LogP contribution in [0.5, 0.6) is 0 Å². The summed E-state index contributed by atoms with van der Waals surface area (Å²) in [5.74, 6) is -1.47. The summed E-state index contributed by atoms with van der Waals surface area (Å²) >= 11 is 0. The third kappa shape index (κ3) is 4.77. The molecule has 0 saturated carbocycles. The summed E-state index contributed by atoms with van der Waals surface area (Å²) in [4.78, 5) is 27.2. The van der Waals surface area contributed by atoms with Gasteiger partial charge in [-0.05, 0) is 36.8 Å². The average Bonchev–Trinajstić information content (AvgIpc) is 2.81. The molecule has 1 aliphatic rings. The Morgan fingerprint density at radius 2 is 1.79 bits per heavy atom. The third-order valence-corrected chi connectivity index (χ3v) is 5.63. The van der Waals surface area contributed by atoms with E-state index < -0.39 is 29.0 Å². The number of rotatable bonds is 5. The van der Waals surface area contributed by atoms with Gasteiger partial charge >= 0.3 is 12.1 Å². The van der Waals surface area contributed by atoms with Gasteiger partial charge in [0.2, 0.25) is 5.43 Å². The minimum absolute atomic E-state index is 0.0213. The van der Waals surface area contributed by atoms with E-state index >= 15 is 4.39 Å². The maximum Gasteiger partial charge on any atom is 0.416 e. The molecule has 180 valence electrons. The van der Waals surface area contributed by atoms with Crippen LogP contribution in [0, 0.1) is 5.82 Å². The number of pyridine rings is 1. The average molecular weight is 478 g/mol. The summed E-state index contributed by atoms with van der Waals surface area (Å²) in [6, 6.07) is 7.19. The highest BCUT2D eigenvalue weighted by molar-refractivity contribution is 5.94. The quantitative estimate of drug-likeness (QED) is 0.406. The van der Waals surface area contributed by atoms with E-state index in [4.69, 9.17) is 9.47 Å². The Morgan fingerprint density at radius 3 is 2.41 bits per heavy atom. The van der Waals surface area contributed by atoms with Crippen LogP contribution in [0.25, 0.3) is 10.9 Å². The lowest BCUT2D eigenvalue weighted by Crippen LogP contribution is -2.36. The number of alkyl halides is 3. The molecule has 4 rings (SSSR count). The van der Waals surface area contributed by atoms with Gasteiger partial charge in [-0.15, -0.1) is 0 Å². The number of carbonyl (C=O) groups excluding carboxylic acids is 1. The van der Waals surface area contributed by atoms with Crippen molar-refractivity contribution in [3.8, 4) is 0 Å². The Kier molecular flexibility index (Phi) is 6.60. The van der Waals surface area contributed by atoms with Crippen LogP contribution in [0.3, 0.4) is 0 Å². The van der Waals surface area contributed by atoms with Gasteiger partial charge in [-0.1, -0.05) is 12.1 Å². The van der Waals surface area contributed by atoms with Crippen LogP contribution in [0.1, 0.15) is 28.4 Å². The fourth-order valence-corrected chi connectivity index (χ4v) is 3.93. The number of nitrogens with zero attached hydrogens (tertiary/aromatic N) is 2. The summed E-state index contributed by atoms with van der Waals surface area (Å²) in [5, 5.41) is -0.0213. The zero-order chi connectivity index (χ0) is 24.5. The Bertz CT molecular complexity index is 1260. The monoisotopic (exact) mass is 478 g/mol. The summed E-state index contributed by atoms with van der Waals surface area (Å²) in [6.07, 6.45) is -3.16. The minimum Gasteiger partial charge on any atom is -0.462 e. The smallest absolute Gasteiger partial charge is 0.416 e. The molecule has 2 aromatic carbocycles. The van der Waals surface area contributed by atoms with E-state index in [-0.39, 0.29) is 29.8 Å². The van der Waals surface area contributed by atoms with Gasteiger partial charge < -0.3 is 18.9 Å². The topological polar surface area (TPSA) is 60.8 Å². The number of hydrogen-bond acceptors (Lipinski definition) is 5. The molecule has 0 radical (unpaired) electrons. The first-order chi connectivity index (χ1) is 16.2. The molecule has 34 heavy (non-hydrogen) atoms. The molecule has 1 fully saturated rings. The van der Waals surface area contributed by atoms with Crippen molar-refractivity contribution >= 4 is 22.6 Å². The highest BCUT2D eigenvalue weighted by Gasteiger charge is 2.30. The zero-order valence-corrected chi connectivity index (χ0v) is 18.3. The molecule has 0 bridgehead atoms. The molecule has 0 spiro atoms. The summed E-state index contributed by atoms with van der Waals surface area (Å²) in [6.45, 7) is 3.47. The second kappa shape index (κ2) is 9.46. The van der Waals surface area contributed by atoms with Gasteiger partial charge in [-0.3, -0.25) is 4.79 Å². The molecule has 10 heteroatoms. The van der Waals surface area contributed by atoms with Crippen molar-refractivity contribution < 1.29 is 31.8 Å². The zero-order valence-electron chi connectivity index (χ0n) is 18.3. The maximum atomic E-state index is 15.0. The van der Waals surface area contributed by atoms with Crippen LogP contribution < -0.4 is 10.3 Å². The fraction of sp³-hybridized carbons (Fsp3) is 0.333. The van der Waals surface area contributed by atoms with Gasteiger partial charge in [0.05, 0.1) is 36.6 Å². The number of halogens is 4. The molecule has 1 saturated heterocycles. The summed E-state index contributed by atoms with van der Waals surface area (Å²) in [5.41, 5.74) is -0.611. The maximum absolute atomic E-state index is 15.0. The van der Waals surface area contributed by atoms with E-state index in [1.165, 1.54) is 24.4 Å². The van der Waals surface area contributed by atoms with Crippen LogP contribution in [0.15, 0.2) is 47.4 Å². The molecule has 2 heterocycles. The van der Waals surface area contributed by atoms with Gasteiger partial charge in [0, 0.05) is 31.2 Å². The molecule has 0 atom stereocenters. The molecule has 0 amide bonds. The molecular weight excluding hydrogens is 456 g/mol. The molecule has 6 nitrogen and oxygen atoms in total. The van der Waals surface area contributed by atoms with E-state index in [1.807, 2.05) is 0 Å². The van der Waals surface area contributed by atoms with Gasteiger partial charge in [-0.2, -0.15) is 13.2 Å². The fourth-order valence-electron chi connectivity index (χ4n) is 3.93. The second-order valence-electron chi connectivity index (χ2n) is 7.84. The van der Waals surface area contributed by atoms with Crippen molar-refractivity contribution in [1.29, 1.82) is 0 Å². The highest BCUT2D eigenvalue weighted by Crippen LogP contribution is 2.30. The van der Waals surface area contributed by atoms with Gasteiger partial charge in [0.1, 0.15) is 11.4 Å². The number of carbonyl (C=O) groups is 1. The number of hydrogen-bond donors (Lipinski definition) is 0. The number of aromatic nitrogens is 1. The van der Waals surface area contributed by atoms with Crippen molar-refractivity contribution in [2.45, 2.75) is 19.6 Å². The van der Waals surface area contributed by atoms with Crippen molar-refractivity contribution in [2.75, 3.05) is 37.8 Å². The van der Waals surface area contributed by atoms with Gasteiger partial charge in [-0.25, -0.2) is 9.18 Å². The summed E-state index contributed by atoms with van der Waals surface area (Å²) < 4.78 is 65.7. The predicted octanol–water partition coefficient (Wildman–Crippen LogP) is 4.22. The lowest BCUT2D eigenvalue weighted by Gasteiger charge is -2.29. The van der Waals surface area contributed by atoms with Crippen LogP contribution in [0.4, 0.5) is 23.2 Å². The van der Waals surface area contributed by atoms with Crippen LogP contribution in [-0.4, -0.2) is 43.4 Å². The minimum atomic E-state index is -4.47. The first-order valence-corrected chi connectivity index (χ1v) is 10.7. The third-order valence-electron chi connectivity index (χ3n) is 5.63. The SMILES string of the molecule is CCOC(=O)c1cn(Cc2ccc(C(F)(F)F)cc2)c2cc(N3CCOCC3)c(F)cc2c1=O. The molecule has 0 unspecified atom stereocenters. The number of esters is 1. The number of benzene rings is 2. The first kappa shape index (κ1) is 23.7. The largest absolute Gasteiger partial charge is 0.462 e. The second-order valence-corrected chi connectivity index (χ2v) is 7.84. The Hall–Kier alpha value is -3.40. The number of anilines is 1. The molecule has 0 N–H and O–H groups in total. The van der Waals surface area contributed by atoms with Crippen molar-refractivity contribution in [1.82, 2.24) is 4.57 Å². The first-order valence-electron chi connectivity index (χ1n) is 10.7. The highest BCUT2D eigenvalue weighted by atomic mass is 19.4. The molecule has 3 aromatic rings. The van der Waals surface area contributed by atoms with Gasteiger partial charge in [0.15, 0.2) is 0 Å². The molecular formula is C24H22F4N2O4. The Morgan fingerprint density at radius 1 is 1.12 bits per heavy atom. The van der Waals surface area contributed by atoms with Crippen molar-refractivity contribution in [3.63, 3.8) is 0 Å². The molecule has 1 aliphatic heterocycles. The van der Waals surface area contributed by atoms with E-state index in [9.17, 15) is 22.8 Å². The normalized spacial score (nSPS) is 14.4. The van der Waals surface area contributed by atoms with Crippen LogP contribution in [-0.2, 0) is 22.2 Å². The lowest BCUT2D eigenvalue weighted by molar-refractivity contribution is -0.137. The number of ether oxygens (including phenoxy) is 2. The Labute approximate surface area is 192 Å². The molecule has 1 aromatic heterocycles. The van der Waals surface area contributed by atoms with E-state index in [0.717, 1.165) is 18.2 Å².